The van der Waals surface area contributed by atoms with Crippen LogP contribution in [0.4, 0.5) is 5.69 Å². The maximum atomic E-state index is 12.6. The molecule has 1 aromatic heterocycles. The number of amides is 1. The number of tetrazole rings is 1. The quantitative estimate of drug-likeness (QED) is 0.552. The van der Waals surface area contributed by atoms with Crippen molar-refractivity contribution in [3.63, 3.8) is 0 Å². The lowest BCUT2D eigenvalue weighted by Gasteiger charge is -2.16. The van der Waals surface area contributed by atoms with Gasteiger partial charge in [0.15, 0.2) is 12.6 Å². The molecular formula is C20H21N5O4. The molecule has 2 aromatic carbocycles. The summed E-state index contributed by atoms with van der Waals surface area (Å²) in [4.78, 5) is 24.9. The Kier molecular flexibility index (Phi) is 6.88. The van der Waals surface area contributed by atoms with Crippen molar-refractivity contribution in [2.24, 2.45) is 0 Å². The van der Waals surface area contributed by atoms with E-state index in [1.165, 1.54) is 11.0 Å². The minimum Gasteiger partial charge on any atom is -0.492 e. The molecule has 0 bridgehead atoms. The van der Waals surface area contributed by atoms with Crippen LogP contribution in [0.5, 0.6) is 5.75 Å². The van der Waals surface area contributed by atoms with E-state index in [0.717, 1.165) is 5.56 Å². The highest BCUT2D eigenvalue weighted by Crippen LogP contribution is 2.23. The highest BCUT2D eigenvalue weighted by atomic mass is 16.5. The molecular weight excluding hydrogens is 374 g/mol. The van der Waals surface area contributed by atoms with Crippen LogP contribution in [0.2, 0.25) is 0 Å². The van der Waals surface area contributed by atoms with Crippen LogP contribution in [0.15, 0.2) is 60.9 Å². The van der Waals surface area contributed by atoms with Crippen LogP contribution >= 0.6 is 0 Å². The van der Waals surface area contributed by atoms with E-state index in [4.69, 9.17) is 9.47 Å². The van der Waals surface area contributed by atoms with Gasteiger partial charge in [-0.1, -0.05) is 42.5 Å². The van der Waals surface area contributed by atoms with Crippen LogP contribution in [-0.4, -0.2) is 45.3 Å². The number of para-hydroxylation sites is 2. The summed E-state index contributed by atoms with van der Waals surface area (Å²) in [5.41, 5.74) is 1.43. The molecule has 1 heterocycles. The summed E-state index contributed by atoms with van der Waals surface area (Å²) in [6, 6.07) is 15.7. The fourth-order valence-corrected chi connectivity index (χ4v) is 2.70. The number of hydrogen-bond donors (Lipinski definition) is 1. The van der Waals surface area contributed by atoms with Gasteiger partial charge in [-0.25, -0.2) is 9.48 Å². The SMILES string of the molecule is CCOc1ccccc1NC(=O)COC(=O)[C@H](Cc1ccccc1)n1cnnn1. The molecule has 3 aromatic rings. The van der Waals surface area contributed by atoms with E-state index in [1.54, 1.807) is 24.3 Å². The van der Waals surface area contributed by atoms with Crippen molar-refractivity contribution in [2.45, 2.75) is 19.4 Å². The smallest absolute Gasteiger partial charge is 0.331 e. The third-order valence-electron chi connectivity index (χ3n) is 4.03. The molecule has 1 N–H and O–H groups in total. The molecule has 0 saturated carbocycles. The standard InChI is InChI=1S/C20H21N5O4/c1-2-28-18-11-7-6-10-16(18)22-19(26)13-29-20(27)17(25-14-21-23-24-25)12-15-8-4-3-5-9-15/h3-11,14,17H,2,12-13H2,1H3,(H,22,26)/t17-/m0/s1. The lowest BCUT2D eigenvalue weighted by molar-refractivity contribution is -0.151. The minimum absolute atomic E-state index is 0.333. The number of nitrogens with one attached hydrogen (secondary N) is 1. The third-order valence-corrected chi connectivity index (χ3v) is 4.03. The number of carbonyl (C=O) groups is 2. The Labute approximate surface area is 167 Å². The van der Waals surface area contributed by atoms with E-state index in [1.807, 2.05) is 37.3 Å². The van der Waals surface area contributed by atoms with E-state index >= 15 is 0 Å². The lowest BCUT2D eigenvalue weighted by Crippen LogP contribution is -2.28. The van der Waals surface area contributed by atoms with E-state index in [0.29, 0.717) is 24.5 Å². The normalized spacial score (nSPS) is 11.5. The van der Waals surface area contributed by atoms with Crippen molar-refractivity contribution < 1.29 is 19.1 Å². The summed E-state index contributed by atoms with van der Waals surface area (Å²) in [6.07, 6.45) is 1.67. The zero-order valence-corrected chi connectivity index (χ0v) is 15.9. The number of hydrogen-bond acceptors (Lipinski definition) is 7. The molecule has 29 heavy (non-hydrogen) atoms. The first kappa shape index (κ1) is 20.0. The first-order valence-electron chi connectivity index (χ1n) is 9.12. The number of carbonyl (C=O) groups excluding carboxylic acids is 2. The maximum Gasteiger partial charge on any atom is 0.331 e. The van der Waals surface area contributed by atoms with Gasteiger partial charge in [-0.15, -0.1) is 5.10 Å². The average molecular weight is 395 g/mol. The van der Waals surface area contributed by atoms with Gasteiger partial charge in [0.05, 0.1) is 12.3 Å². The van der Waals surface area contributed by atoms with Crippen LogP contribution in [0.25, 0.3) is 0 Å². The molecule has 0 aliphatic heterocycles. The molecule has 0 unspecified atom stereocenters. The second kappa shape index (κ2) is 9.98. The Morgan fingerprint density at radius 2 is 1.86 bits per heavy atom. The van der Waals surface area contributed by atoms with E-state index in [-0.39, 0.29) is 0 Å². The summed E-state index contributed by atoms with van der Waals surface area (Å²) >= 11 is 0. The van der Waals surface area contributed by atoms with Crippen molar-refractivity contribution in [1.82, 2.24) is 20.2 Å². The molecule has 0 fully saturated rings. The topological polar surface area (TPSA) is 108 Å². The number of benzene rings is 2. The Bertz CT molecular complexity index is 931. The van der Waals surface area contributed by atoms with Crippen molar-refractivity contribution in [3.8, 4) is 5.75 Å². The second-order valence-electron chi connectivity index (χ2n) is 6.08. The fourth-order valence-electron chi connectivity index (χ4n) is 2.70. The molecule has 0 spiro atoms. The van der Waals surface area contributed by atoms with Gasteiger partial charge in [0.1, 0.15) is 12.1 Å². The Morgan fingerprint density at radius 1 is 1.10 bits per heavy atom. The van der Waals surface area contributed by atoms with Gasteiger partial charge in [0.25, 0.3) is 5.91 Å². The first-order valence-corrected chi connectivity index (χ1v) is 9.12. The van der Waals surface area contributed by atoms with Crippen molar-refractivity contribution >= 4 is 17.6 Å². The van der Waals surface area contributed by atoms with Gasteiger partial charge >= 0.3 is 5.97 Å². The third kappa shape index (κ3) is 5.61. The molecule has 9 heteroatoms. The highest BCUT2D eigenvalue weighted by Gasteiger charge is 2.25. The Hall–Kier alpha value is -3.75. The summed E-state index contributed by atoms with van der Waals surface area (Å²) in [5, 5.41) is 13.6. The van der Waals surface area contributed by atoms with E-state index in [9.17, 15) is 9.59 Å². The van der Waals surface area contributed by atoms with E-state index in [2.05, 4.69) is 20.8 Å². The largest absolute Gasteiger partial charge is 0.492 e. The predicted octanol–water partition coefficient (Wildman–Crippen LogP) is 2.04. The highest BCUT2D eigenvalue weighted by molar-refractivity contribution is 5.94. The number of nitrogens with zero attached hydrogens (tertiary/aromatic N) is 4. The van der Waals surface area contributed by atoms with Crippen molar-refractivity contribution in [1.29, 1.82) is 0 Å². The predicted molar refractivity (Wildman–Crippen MR) is 104 cm³/mol. The first-order chi connectivity index (χ1) is 14.2. The number of ether oxygens (including phenoxy) is 2. The van der Waals surface area contributed by atoms with Gasteiger partial charge in [0.2, 0.25) is 0 Å². The summed E-state index contributed by atoms with van der Waals surface area (Å²) in [5.74, 6) is -0.527. The summed E-state index contributed by atoms with van der Waals surface area (Å²) in [6.45, 7) is 1.88. The molecule has 150 valence electrons. The average Bonchev–Trinajstić information content (AvgIpc) is 3.27. The summed E-state index contributed by atoms with van der Waals surface area (Å²) in [7, 11) is 0. The molecule has 0 aliphatic rings. The molecule has 3 rings (SSSR count). The van der Waals surface area contributed by atoms with Crippen molar-refractivity contribution in [3.05, 3.63) is 66.5 Å². The molecule has 0 aliphatic carbocycles. The fraction of sp³-hybridized carbons (Fsp3) is 0.250. The molecule has 1 amide bonds. The number of anilines is 1. The Morgan fingerprint density at radius 3 is 2.59 bits per heavy atom. The number of aromatic nitrogens is 4. The van der Waals surface area contributed by atoms with Gasteiger partial charge in [0, 0.05) is 6.42 Å². The molecule has 0 saturated heterocycles. The molecule has 9 nitrogen and oxygen atoms in total. The maximum absolute atomic E-state index is 12.6. The van der Waals surface area contributed by atoms with Crippen LogP contribution in [-0.2, 0) is 20.7 Å². The van der Waals surface area contributed by atoms with Crippen LogP contribution in [0.3, 0.4) is 0 Å². The van der Waals surface area contributed by atoms with Crippen LogP contribution < -0.4 is 10.1 Å². The van der Waals surface area contributed by atoms with Gasteiger partial charge in [-0.3, -0.25) is 4.79 Å². The van der Waals surface area contributed by atoms with Crippen LogP contribution in [0.1, 0.15) is 18.5 Å². The van der Waals surface area contributed by atoms with Gasteiger partial charge in [-0.2, -0.15) is 0 Å². The Balaban J connectivity index is 1.62. The zero-order valence-electron chi connectivity index (χ0n) is 15.9. The van der Waals surface area contributed by atoms with Crippen molar-refractivity contribution in [2.75, 3.05) is 18.5 Å². The van der Waals surface area contributed by atoms with Crippen LogP contribution in [0, 0.1) is 0 Å². The molecule has 1 atom stereocenters. The van der Waals surface area contributed by atoms with Gasteiger partial charge in [-0.05, 0) is 35.0 Å². The molecule has 0 radical (unpaired) electrons. The number of esters is 1. The second-order valence-corrected chi connectivity index (χ2v) is 6.08. The van der Waals surface area contributed by atoms with E-state index < -0.39 is 24.5 Å². The zero-order chi connectivity index (χ0) is 20.5. The monoisotopic (exact) mass is 395 g/mol. The minimum atomic E-state index is -0.782. The summed E-state index contributed by atoms with van der Waals surface area (Å²) < 4.78 is 12.0. The number of rotatable bonds is 9. The lowest BCUT2D eigenvalue weighted by atomic mass is 10.1. The van der Waals surface area contributed by atoms with Gasteiger partial charge < -0.3 is 14.8 Å².